The van der Waals surface area contributed by atoms with Crippen LogP contribution in [0.3, 0.4) is 0 Å². The Morgan fingerprint density at radius 2 is 1.84 bits per heavy atom. The second-order valence-electron chi connectivity index (χ2n) is 6.67. The second-order valence-corrected chi connectivity index (χ2v) is 6.67. The maximum atomic E-state index is 13.0. The molecule has 0 fully saturated rings. The average molecular weight is 420 g/mol. The van der Waals surface area contributed by atoms with E-state index in [0.29, 0.717) is 33.8 Å². The van der Waals surface area contributed by atoms with Gasteiger partial charge in [0.1, 0.15) is 6.54 Å². The van der Waals surface area contributed by atoms with Crippen LogP contribution in [0, 0.1) is 0 Å². The zero-order valence-corrected chi connectivity index (χ0v) is 17.1. The van der Waals surface area contributed by atoms with Crippen LogP contribution in [0.15, 0.2) is 69.2 Å². The summed E-state index contributed by atoms with van der Waals surface area (Å²) in [4.78, 5) is 30.1. The zero-order valence-electron chi connectivity index (χ0n) is 17.1. The molecule has 0 spiro atoms. The number of hydrogen-bond donors (Lipinski definition) is 0. The lowest BCUT2D eigenvalue weighted by Gasteiger charge is -2.11. The van der Waals surface area contributed by atoms with Crippen molar-refractivity contribution in [2.75, 3.05) is 14.2 Å². The van der Waals surface area contributed by atoms with Crippen LogP contribution < -0.4 is 20.7 Å². The predicted octanol–water partition coefficient (Wildman–Crippen LogP) is 2.46. The third-order valence-electron chi connectivity index (χ3n) is 4.85. The number of allylic oxidation sites excluding steroid dienone is 1. The standard InChI is InChI=1S/C22H20N4O5/c1-4-11-25-21(27)15-7-5-6-8-16(15)26(22(25)28)13-19-23-20(24-31-19)14-9-10-17(29-2)18(12-14)30-3/h4-10,12H,1,11,13H2,2-3H3. The Hall–Kier alpha value is -4.14. The fourth-order valence-corrected chi connectivity index (χ4v) is 3.36. The maximum absolute atomic E-state index is 13.0. The molecule has 4 rings (SSSR count). The van der Waals surface area contributed by atoms with Crippen LogP contribution in [0.25, 0.3) is 22.3 Å². The van der Waals surface area contributed by atoms with Gasteiger partial charge in [-0.15, -0.1) is 6.58 Å². The molecule has 0 aliphatic carbocycles. The number of hydrogen-bond acceptors (Lipinski definition) is 7. The van der Waals surface area contributed by atoms with Gasteiger partial charge in [-0.1, -0.05) is 23.4 Å². The highest BCUT2D eigenvalue weighted by atomic mass is 16.5. The zero-order chi connectivity index (χ0) is 22.0. The van der Waals surface area contributed by atoms with Crippen molar-refractivity contribution in [1.29, 1.82) is 0 Å². The van der Waals surface area contributed by atoms with Gasteiger partial charge in [-0.05, 0) is 30.3 Å². The summed E-state index contributed by atoms with van der Waals surface area (Å²) < 4.78 is 18.5. The molecule has 0 atom stereocenters. The van der Waals surface area contributed by atoms with Crippen molar-refractivity contribution >= 4 is 10.9 Å². The second kappa shape index (κ2) is 8.31. The molecule has 9 heteroatoms. The van der Waals surface area contributed by atoms with Gasteiger partial charge in [0.2, 0.25) is 11.7 Å². The van der Waals surface area contributed by atoms with E-state index in [0.717, 1.165) is 4.57 Å². The van der Waals surface area contributed by atoms with Crippen LogP contribution in [-0.2, 0) is 13.1 Å². The van der Waals surface area contributed by atoms with Crippen molar-refractivity contribution in [3.63, 3.8) is 0 Å². The molecule has 0 saturated carbocycles. The monoisotopic (exact) mass is 420 g/mol. The molecule has 0 aliphatic heterocycles. The quantitative estimate of drug-likeness (QED) is 0.423. The Morgan fingerprint density at radius 3 is 2.58 bits per heavy atom. The van der Waals surface area contributed by atoms with Crippen LogP contribution in [0.4, 0.5) is 0 Å². The summed E-state index contributed by atoms with van der Waals surface area (Å²) in [6.07, 6.45) is 1.50. The van der Waals surface area contributed by atoms with Gasteiger partial charge in [-0.3, -0.25) is 13.9 Å². The van der Waals surface area contributed by atoms with Crippen molar-refractivity contribution < 1.29 is 14.0 Å². The van der Waals surface area contributed by atoms with Crippen LogP contribution in [-0.4, -0.2) is 33.5 Å². The van der Waals surface area contributed by atoms with Crippen LogP contribution in [0.5, 0.6) is 11.5 Å². The number of methoxy groups -OCH3 is 2. The van der Waals surface area contributed by atoms with E-state index in [1.165, 1.54) is 10.6 Å². The lowest BCUT2D eigenvalue weighted by Crippen LogP contribution is -2.40. The van der Waals surface area contributed by atoms with Gasteiger partial charge >= 0.3 is 5.69 Å². The first-order chi connectivity index (χ1) is 15.1. The first-order valence-corrected chi connectivity index (χ1v) is 9.45. The van der Waals surface area contributed by atoms with Crippen molar-refractivity contribution in [2.45, 2.75) is 13.1 Å². The highest BCUT2D eigenvalue weighted by molar-refractivity contribution is 5.77. The van der Waals surface area contributed by atoms with Crippen LogP contribution in [0.2, 0.25) is 0 Å². The Labute approximate surface area is 176 Å². The minimum atomic E-state index is -0.477. The molecule has 2 aromatic carbocycles. The Morgan fingerprint density at radius 1 is 1.06 bits per heavy atom. The molecule has 31 heavy (non-hydrogen) atoms. The molecule has 2 aromatic heterocycles. The van der Waals surface area contributed by atoms with Gasteiger partial charge in [-0.2, -0.15) is 4.98 Å². The summed E-state index contributed by atoms with van der Waals surface area (Å²) >= 11 is 0. The number of nitrogens with zero attached hydrogens (tertiary/aromatic N) is 4. The van der Waals surface area contributed by atoms with E-state index in [1.807, 2.05) is 0 Å². The lowest BCUT2D eigenvalue weighted by atomic mass is 10.2. The van der Waals surface area contributed by atoms with Gasteiger partial charge in [0, 0.05) is 12.1 Å². The number of aromatic nitrogens is 4. The largest absolute Gasteiger partial charge is 0.493 e. The molecule has 0 radical (unpaired) electrons. The van der Waals surface area contributed by atoms with Gasteiger partial charge in [0.05, 0.1) is 25.1 Å². The van der Waals surface area contributed by atoms with Gasteiger partial charge in [0.25, 0.3) is 5.56 Å². The third-order valence-corrected chi connectivity index (χ3v) is 4.85. The topological polar surface area (TPSA) is 101 Å². The highest BCUT2D eigenvalue weighted by Crippen LogP contribution is 2.31. The lowest BCUT2D eigenvalue weighted by molar-refractivity contribution is 0.355. The number of ether oxygens (including phenoxy) is 2. The molecular weight excluding hydrogens is 400 g/mol. The van der Waals surface area contributed by atoms with E-state index >= 15 is 0 Å². The third kappa shape index (κ3) is 3.61. The summed E-state index contributed by atoms with van der Waals surface area (Å²) in [7, 11) is 3.09. The highest BCUT2D eigenvalue weighted by Gasteiger charge is 2.16. The molecule has 0 bridgehead atoms. The number of para-hydroxylation sites is 1. The van der Waals surface area contributed by atoms with Crippen molar-refractivity contribution in [3.8, 4) is 22.9 Å². The predicted molar refractivity (Wildman–Crippen MR) is 115 cm³/mol. The summed E-state index contributed by atoms with van der Waals surface area (Å²) in [5.74, 6) is 1.68. The number of fused-ring (bicyclic) bond motifs is 1. The van der Waals surface area contributed by atoms with Crippen molar-refractivity contribution in [1.82, 2.24) is 19.3 Å². The molecule has 158 valence electrons. The first-order valence-electron chi connectivity index (χ1n) is 9.45. The van der Waals surface area contributed by atoms with Crippen molar-refractivity contribution in [3.05, 3.63) is 81.8 Å². The fraction of sp³-hybridized carbons (Fsp3) is 0.182. The Bertz CT molecular complexity index is 1380. The fourth-order valence-electron chi connectivity index (χ4n) is 3.36. The van der Waals surface area contributed by atoms with Gasteiger partial charge in [-0.25, -0.2) is 4.79 Å². The first kappa shape index (κ1) is 20.1. The molecule has 9 nitrogen and oxygen atoms in total. The Balaban J connectivity index is 1.76. The smallest absolute Gasteiger partial charge is 0.332 e. The van der Waals surface area contributed by atoms with E-state index in [1.54, 1.807) is 56.7 Å². The summed E-state index contributed by atoms with van der Waals surface area (Å²) in [5.41, 5.74) is 0.313. The SMILES string of the molecule is C=CCn1c(=O)c2ccccc2n(Cc2nc(-c3ccc(OC)c(OC)c3)no2)c1=O. The Kier molecular flexibility index (Phi) is 5.40. The van der Waals surface area contributed by atoms with Gasteiger partial charge in [0.15, 0.2) is 11.5 Å². The molecule has 0 unspecified atom stereocenters. The van der Waals surface area contributed by atoms with E-state index in [4.69, 9.17) is 14.0 Å². The van der Waals surface area contributed by atoms with E-state index < -0.39 is 5.69 Å². The summed E-state index contributed by atoms with van der Waals surface area (Å²) in [6.45, 7) is 3.74. The molecule has 4 aromatic rings. The van der Waals surface area contributed by atoms with E-state index in [9.17, 15) is 9.59 Å². The van der Waals surface area contributed by atoms with Crippen LogP contribution >= 0.6 is 0 Å². The minimum absolute atomic E-state index is 0.0110. The molecular formula is C22H20N4O5. The van der Waals surface area contributed by atoms with Crippen LogP contribution in [0.1, 0.15) is 5.89 Å². The number of rotatable bonds is 7. The molecule has 0 saturated heterocycles. The molecule has 0 aliphatic rings. The molecule has 0 amide bonds. The maximum Gasteiger partial charge on any atom is 0.332 e. The van der Waals surface area contributed by atoms with E-state index in [2.05, 4.69) is 16.7 Å². The molecule has 2 heterocycles. The average Bonchev–Trinajstić information content (AvgIpc) is 3.27. The van der Waals surface area contributed by atoms with Gasteiger partial charge < -0.3 is 14.0 Å². The molecule has 0 N–H and O–H groups in total. The summed E-state index contributed by atoms with van der Waals surface area (Å²) in [6, 6.07) is 12.2. The van der Waals surface area contributed by atoms with Crippen molar-refractivity contribution in [2.24, 2.45) is 0 Å². The number of benzene rings is 2. The van der Waals surface area contributed by atoms with E-state index in [-0.39, 0.29) is 24.5 Å². The minimum Gasteiger partial charge on any atom is -0.493 e. The summed E-state index contributed by atoms with van der Waals surface area (Å²) in [5, 5.41) is 4.44. The normalized spacial score (nSPS) is 10.9.